The third-order valence-corrected chi connectivity index (χ3v) is 5.35. The van der Waals surface area contributed by atoms with Crippen molar-refractivity contribution in [1.29, 1.82) is 0 Å². The third kappa shape index (κ3) is 5.83. The van der Waals surface area contributed by atoms with Gasteiger partial charge in [0.25, 0.3) is 0 Å². The smallest absolute Gasteiger partial charge is 0.416 e. The number of nitrogens with one attached hydrogen (secondary N) is 1. The zero-order valence-corrected chi connectivity index (χ0v) is 16.2. The summed E-state index contributed by atoms with van der Waals surface area (Å²) in [5.41, 5.74) is -1.81. The number of amides is 1. The third-order valence-electron chi connectivity index (χ3n) is 3.89. The van der Waals surface area contributed by atoms with Crippen LogP contribution < -0.4 is 4.72 Å². The van der Waals surface area contributed by atoms with Crippen molar-refractivity contribution in [2.75, 3.05) is 6.54 Å². The van der Waals surface area contributed by atoms with Gasteiger partial charge in [0.2, 0.25) is 10.0 Å². The molecule has 1 atom stereocenters. The zero-order valence-electron chi connectivity index (χ0n) is 15.3. The minimum atomic E-state index is -4.65. The highest BCUT2D eigenvalue weighted by Gasteiger charge is 2.35. The van der Waals surface area contributed by atoms with Crippen LogP contribution in [0.4, 0.5) is 18.0 Å². The van der Waals surface area contributed by atoms with Crippen molar-refractivity contribution in [2.45, 2.75) is 62.9 Å². The number of sulfonamides is 1. The number of benzene rings is 1. The molecule has 1 aliphatic rings. The Hall–Kier alpha value is -1.81. The molecular formula is C17H23F3N2O4S. The summed E-state index contributed by atoms with van der Waals surface area (Å²) >= 11 is 0. The molecule has 1 aromatic rings. The number of hydrogen-bond acceptors (Lipinski definition) is 4. The lowest BCUT2D eigenvalue weighted by Crippen LogP contribution is -2.54. The van der Waals surface area contributed by atoms with E-state index in [0.29, 0.717) is 31.9 Å². The van der Waals surface area contributed by atoms with Gasteiger partial charge in [-0.05, 0) is 58.2 Å². The van der Waals surface area contributed by atoms with Crippen molar-refractivity contribution in [3.8, 4) is 0 Å². The van der Waals surface area contributed by atoms with E-state index in [4.69, 9.17) is 4.74 Å². The average Bonchev–Trinajstić information content (AvgIpc) is 2.52. The van der Waals surface area contributed by atoms with Gasteiger partial charge < -0.3 is 4.74 Å². The van der Waals surface area contributed by atoms with Crippen molar-refractivity contribution in [3.05, 3.63) is 29.8 Å². The number of ether oxygens (including phenoxy) is 1. The number of likely N-dealkylation sites (tertiary alicyclic amines) is 1. The molecule has 10 heteroatoms. The molecule has 0 bridgehead atoms. The fourth-order valence-electron chi connectivity index (χ4n) is 2.68. The number of nitrogens with zero attached hydrogens (tertiary/aromatic N) is 1. The standard InChI is InChI=1S/C17H23F3N2O4S/c1-16(2,3)26-15(23)22-10-5-4-9-14(22)21-27(24,25)13-8-6-7-12(11-13)17(18,19)20/h6-8,11,14,21H,4-5,9-10H2,1-3H3. The molecule has 0 aromatic heterocycles. The SMILES string of the molecule is CC(C)(C)OC(=O)N1CCCCC1NS(=O)(=O)c1cccc(C(F)(F)F)c1. The van der Waals surface area contributed by atoms with E-state index in [0.717, 1.165) is 18.2 Å². The Labute approximate surface area is 156 Å². The number of alkyl halides is 3. The number of carbonyl (C=O) groups excluding carboxylic acids is 1. The van der Waals surface area contributed by atoms with E-state index in [1.165, 1.54) is 4.90 Å². The van der Waals surface area contributed by atoms with Crippen molar-refractivity contribution in [1.82, 2.24) is 9.62 Å². The highest BCUT2D eigenvalue weighted by atomic mass is 32.2. The predicted octanol–water partition coefficient (Wildman–Crippen LogP) is 3.73. The second-order valence-electron chi connectivity index (χ2n) is 7.33. The maximum atomic E-state index is 12.9. The van der Waals surface area contributed by atoms with Gasteiger partial charge in [-0.2, -0.15) is 17.9 Å². The quantitative estimate of drug-likeness (QED) is 0.827. The lowest BCUT2D eigenvalue weighted by atomic mass is 10.1. The summed E-state index contributed by atoms with van der Waals surface area (Å²) in [6, 6.07) is 3.48. The van der Waals surface area contributed by atoms with Gasteiger partial charge in [0, 0.05) is 6.54 Å². The van der Waals surface area contributed by atoms with Crippen LogP contribution in [0.15, 0.2) is 29.2 Å². The fraction of sp³-hybridized carbons (Fsp3) is 0.588. The van der Waals surface area contributed by atoms with Crippen LogP contribution in [-0.4, -0.2) is 37.7 Å². The molecule has 1 aliphatic heterocycles. The monoisotopic (exact) mass is 408 g/mol. The first-order valence-electron chi connectivity index (χ1n) is 8.49. The first-order chi connectivity index (χ1) is 12.3. The minimum absolute atomic E-state index is 0.296. The maximum Gasteiger partial charge on any atom is 0.416 e. The molecule has 6 nitrogen and oxygen atoms in total. The Morgan fingerprint density at radius 3 is 2.48 bits per heavy atom. The van der Waals surface area contributed by atoms with Crippen LogP contribution in [0.3, 0.4) is 0 Å². The molecule has 152 valence electrons. The molecule has 0 aliphatic carbocycles. The number of carbonyl (C=O) groups is 1. The molecule has 1 unspecified atom stereocenters. The molecule has 1 saturated heterocycles. The molecular weight excluding hydrogens is 385 g/mol. The highest BCUT2D eigenvalue weighted by molar-refractivity contribution is 7.89. The van der Waals surface area contributed by atoms with Gasteiger partial charge in [-0.1, -0.05) is 6.07 Å². The Balaban J connectivity index is 2.23. The van der Waals surface area contributed by atoms with Crippen molar-refractivity contribution < 1.29 is 31.1 Å². The number of hydrogen-bond donors (Lipinski definition) is 1. The van der Waals surface area contributed by atoms with Crippen molar-refractivity contribution >= 4 is 16.1 Å². The summed E-state index contributed by atoms with van der Waals surface area (Å²) in [6.07, 6.45) is -4.50. The van der Waals surface area contributed by atoms with Crippen LogP contribution in [-0.2, 0) is 20.9 Å². The second kappa shape index (κ2) is 7.67. The topological polar surface area (TPSA) is 75.7 Å². The van der Waals surface area contributed by atoms with Crippen LogP contribution >= 0.6 is 0 Å². The van der Waals surface area contributed by atoms with Crippen molar-refractivity contribution in [2.24, 2.45) is 0 Å². The first-order valence-corrected chi connectivity index (χ1v) is 9.97. The van der Waals surface area contributed by atoms with Crippen molar-refractivity contribution in [3.63, 3.8) is 0 Å². The first kappa shape index (κ1) is 21.5. The second-order valence-corrected chi connectivity index (χ2v) is 9.05. The Bertz CT molecular complexity index is 788. The van der Waals surface area contributed by atoms with E-state index in [9.17, 15) is 26.4 Å². The van der Waals surface area contributed by atoms with E-state index in [1.807, 2.05) is 0 Å². The predicted molar refractivity (Wildman–Crippen MR) is 92.3 cm³/mol. The van der Waals surface area contributed by atoms with Crippen LogP contribution in [0.25, 0.3) is 0 Å². The molecule has 0 saturated carbocycles. The van der Waals surface area contributed by atoms with Gasteiger partial charge in [0.15, 0.2) is 0 Å². The largest absolute Gasteiger partial charge is 0.444 e. The molecule has 27 heavy (non-hydrogen) atoms. The average molecular weight is 408 g/mol. The lowest BCUT2D eigenvalue weighted by Gasteiger charge is -2.36. The van der Waals surface area contributed by atoms with Gasteiger partial charge in [0.1, 0.15) is 5.60 Å². The summed E-state index contributed by atoms with van der Waals surface area (Å²) in [5.74, 6) is 0. The van der Waals surface area contributed by atoms with Gasteiger partial charge in [-0.25, -0.2) is 13.2 Å². The zero-order chi connectivity index (χ0) is 20.5. The maximum absolute atomic E-state index is 12.9. The van der Waals surface area contributed by atoms with E-state index in [-0.39, 0.29) is 0 Å². The molecule has 0 spiro atoms. The Morgan fingerprint density at radius 1 is 1.22 bits per heavy atom. The molecule has 1 N–H and O–H groups in total. The Kier molecular flexibility index (Phi) is 6.10. The minimum Gasteiger partial charge on any atom is -0.444 e. The van der Waals surface area contributed by atoms with Gasteiger partial charge in [-0.15, -0.1) is 0 Å². The summed E-state index contributed by atoms with van der Waals surface area (Å²) < 4.78 is 71.3. The van der Waals surface area contributed by atoms with E-state index < -0.39 is 44.5 Å². The van der Waals surface area contributed by atoms with Gasteiger partial charge in [-0.3, -0.25) is 4.90 Å². The van der Waals surface area contributed by atoms with Gasteiger partial charge >= 0.3 is 12.3 Å². The number of rotatable bonds is 3. The summed E-state index contributed by atoms with van der Waals surface area (Å²) in [7, 11) is -4.25. The normalized spacial score (nSPS) is 19.0. The molecule has 1 amide bonds. The molecule has 1 fully saturated rings. The highest BCUT2D eigenvalue weighted by Crippen LogP contribution is 2.30. The summed E-state index contributed by atoms with van der Waals surface area (Å²) in [5, 5.41) is 0. The number of piperidine rings is 1. The summed E-state index contributed by atoms with van der Waals surface area (Å²) in [4.78, 5) is 13.1. The van der Waals surface area contributed by atoms with E-state index in [2.05, 4.69) is 4.72 Å². The van der Waals surface area contributed by atoms with Crippen LogP contribution in [0.1, 0.15) is 45.6 Å². The fourth-order valence-corrected chi connectivity index (χ4v) is 3.96. The molecule has 2 rings (SSSR count). The van der Waals surface area contributed by atoms with Crippen LogP contribution in [0, 0.1) is 0 Å². The Morgan fingerprint density at radius 2 is 1.89 bits per heavy atom. The molecule has 0 radical (unpaired) electrons. The lowest BCUT2D eigenvalue weighted by molar-refractivity contribution is -0.137. The summed E-state index contributed by atoms with van der Waals surface area (Å²) in [6.45, 7) is 5.37. The van der Waals surface area contributed by atoms with Crippen LogP contribution in [0.2, 0.25) is 0 Å². The number of halogens is 3. The van der Waals surface area contributed by atoms with E-state index in [1.54, 1.807) is 20.8 Å². The molecule has 1 heterocycles. The van der Waals surface area contributed by atoms with Gasteiger partial charge in [0.05, 0.1) is 16.6 Å². The molecule has 1 aromatic carbocycles. The van der Waals surface area contributed by atoms with Crippen LogP contribution in [0.5, 0.6) is 0 Å². The van der Waals surface area contributed by atoms with E-state index >= 15 is 0 Å².